The summed E-state index contributed by atoms with van der Waals surface area (Å²) in [5.41, 5.74) is 4.70. The van der Waals surface area contributed by atoms with Gasteiger partial charge in [-0.15, -0.1) is 0 Å². The van der Waals surface area contributed by atoms with Crippen molar-refractivity contribution in [1.29, 1.82) is 0 Å². The molecule has 0 saturated carbocycles. The molecule has 0 saturated heterocycles. The third-order valence-electron chi connectivity index (χ3n) is 2.99. The first-order valence-corrected chi connectivity index (χ1v) is 7.53. The summed E-state index contributed by atoms with van der Waals surface area (Å²) >= 11 is 5.96. The van der Waals surface area contributed by atoms with Crippen molar-refractivity contribution in [3.8, 4) is 0 Å². The third-order valence-corrected chi connectivity index (χ3v) is 3.32. The maximum atomic E-state index is 11.9. The fraction of sp³-hybridized carbons (Fsp3) is 0.0526. The zero-order valence-corrected chi connectivity index (χ0v) is 13.5. The van der Waals surface area contributed by atoms with Crippen LogP contribution in [-0.2, 0) is 0 Å². The van der Waals surface area contributed by atoms with Crippen molar-refractivity contribution < 1.29 is 4.79 Å². The number of hydrazone groups is 1. The molecule has 0 aliphatic rings. The fourth-order valence-electron chi connectivity index (χ4n) is 1.81. The minimum atomic E-state index is -0.330. The molecule has 0 spiro atoms. The summed E-state index contributed by atoms with van der Waals surface area (Å²) in [6.07, 6.45) is 7.59. The standard InChI is InChI=1S/C19H17ClN2O/c1-15(9-5-6-12-16-10-3-2-4-11-16)21-22-19(23)17-13-7-8-14-18(17)20/h2-14H,1H3,(H,22,23). The first-order chi connectivity index (χ1) is 11.2. The molecular weight excluding hydrogens is 308 g/mol. The van der Waals surface area contributed by atoms with E-state index in [1.165, 1.54) is 0 Å². The summed E-state index contributed by atoms with van der Waals surface area (Å²) < 4.78 is 0. The zero-order valence-electron chi connectivity index (χ0n) is 12.7. The van der Waals surface area contributed by atoms with E-state index in [9.17, 15) is 4.79 Å². The van der Waals surface area contributed by atoms with Gasteiger partial charge in [-0.2, -0.15) is 5.10 Å². The molecule has 0 atom stereocenters. The molecule has 23 heavy (non-hydrogen) atoms. The quantitative estimate of drug-likeness (QED) is 0.483. The Balaban J connectivity index is 1.90. The van der Waals surface area contributed by atoms with Crippen LogP contribution in [0.2, 0.25) is 5.02 Å². The van der Waals surface area contributed by atoms with E-state index in [1.54, 1.807) is 31.2 Å². The van der Waals surface area contributed by atoms with Crippen molar-refractivity contribution in [2.75, 3.05) is 0 Å². The Kier molecular flexibility index (Phi) is 6.33. The normalized spacial score (nSPS) is 12.0. The minimum absolute atomic E-state index is 0.330. The van der Waals surface area contributed by atoms with Gasteiger partial charge in [0.05, 0.1) is 16.3 Å². The Morgan fingerprint density at radius 3 is 2.48 bits per heavy atom. The number of carbonyl (C=O) groups is 1. The Hall–Kier alpha value is -2.65. The van der Waals surface area contributed by atoms with Crippen LogP contribution in [0.3, 0.4) is 0 Å². The number of amides is 1. The maximum absolute atomic E-state index is 11.9. The van der Waals surface area contributed by atoms with E-state index in [4.69, 9.17) is 11.6 Å². The lowest BCUT2D eigenvalue weighted by molar-refractivity contribution is 0.0955. The number of halogens is 1. The Labute approximate surface area is 141 Å². The van der Waals surface area contributed by atoms with E-state index >= 15 is 0 Å². The number of hydrogen-bond acceptors (Lipinski definition) is 2. The molecule has 1 N–H and O–H groups in total. The zero-order chi connectivity index (χ0) is 16.5. The number of nitrogens with one attached hydrogen (secondary N) is 1. The van der Waals surface area contributed by atoms with Gasteiger partial charge in [-0.05, 0) is 30.7 Å². The van der Waals surface area contributed by atoms with Crippen LogP contribution in [-0.4, -0.2) is 11.6 Å². The molecule has 0 heterocycles. The number of benzene rings is 2. The lowest BCUT2D eigenvalue weighted by Gasteiger charge is -2.02. The summed E-state index contributed by atoms with van der Waals surface area (Å²) in [5.74, 6) is -0.330. The lowest BCUT2D eigenvalue weighted by Crippen LogP contribution is -2.19. The van der Waals surface area contributed by atoms with Crippen molar-refractivity contribution in [1.82, 2.24) is 5.43 Å². The molecule has 0 aliphatic carbocycles. The summed E-state index contributed by atoms with van der Waals surface area (Å²) in [4.78, 5) is 11.9. The second kappa shape index (κ2) is 8.71. The first kappa shape index (κ1) is 16.7. The van der Waals surface area contributed by atoms with Crippen LogP contribution in [0, 0.1) is 0 Å². The third kappa shape index (κ3) is 5.57. The van der Waals surface area contributed by atoms with Gasteiger partial charge in [0, 0.05) is 0 Å². The molecule has 4 heteroatoms. The largest absolute Gasteiger partial charge is 0.272 e. The van der Waals surface area contributed by atoms with Gasteiger partial charge in [-0.3, -0.25) is 4.79 Å². The van der Waals surface area contributed by atoms with Crippen LogP contribution in [0.1, 0.15) is 22.8 Å². The molecule has 1 amide bonds. The topological polar surface area (TPSA) is 41.5 Å². The van der Waals surface area contributed by atoms with E-state index in [-0.39, 0.29) is 5.91 Å². The molecule has 2 aromatic carbocycles. The highest BCUT2D eigenvalue weighted by Crippen LogP contribution is 2.14. The van der Waals surface area contributed by atoms with Crippen LogP contribution in [0.5, 0.6) is 0 Å². The predicted octanol–water partition coefficient (Wildman–Crippen LogP) is 4.72. The Morgan fingerprint density at radius 1 is 1.04 bits per heavy atom. The highest BCUT2D eigenvalue weighted by molar-refractivity contribution is 6.33. The summed E-state index contributed by atoms with van der Waals surface area (Å²) in [7, 11) is 0. The van der Waals surface area contributed by atoms with E-state index in [2.05, 4.69) is 10.5 Å². The van der Waals surface area contributed by atoms with Crippen LogP contribution >= 0.6 is 11.6 Å². The maximum Gasteiger partial charge on any atom is 0.272 e. The van der Waals surface area contributed by atoms with Gasteiger partial charge in [0.15, 0.2) is 0 Å². The predicted molar refractivity (Wildman–Crippen MR) is 96.6 cm³/mol. The lowest BCUT2D eigenvalue weighted by atomic mass is 10.2. The van der Waals surface area contributed by atoms with E-state index in [0.29, 0.717) is 16.3 Å². The van der Waals surface area contributed by atoms with Crippen LogP contribution in [0.25, 0.3) is 6.08 Å². The molecule has 0 aliphatic heterocycles. The van der Waals surface area contributed by atoms with Gasteiger partial charge in [0.1, 0.15) is 0 Å². The smallest absolute Gasteiger partial charge is 0.267 e. The van der Waals surface area contributed by atoms with Gasteiger partial charge in [0.25, 0.3) is 5.91 Å². The molecule has 0 aromatic heterocycles. The molecule has 0 fully saturated rings. The van der Waals surface area contributed by atoms with Crippen molar-refractivity contribution in [2.45, 2.75) is 6.92 Å². The van der Waals surface area contributed by atoms with Crippen molar-refractivity contribution in [3.63, 3.8) is 0 Å². The number of carbonyl (C=O) groups excluding carboxylic acids is 1. The summed E-state index contributed by atoms with van der Waals surface area (Å²) in [6.45, 7) is 1.81. The second-order valence-corrected chi connectivity index (χ2v) is 5.21. The van der Waals surface area contributed by atoms with Crippen LogP contribution in [0.15, 0.2) is 77.9 Å². The Morgan fingerprint density at radius 2 is 1.74 bits per heavy atom. The monoisotopic (exact) mass is 324 g/mol. The molecule has 2 rings (SSSR count). The van der Waals surface area contributed by atoms with Crippen molar-refractivity contribution in [2.24, 2.45) is 5.10 Å². The molecule has 2 aromatic rings. The van der Waals surface area contributed by atoms with Gasteiger partial charge < -0.3 is 0 Å². The average molecular weight is 325 g/mol. The van der Waals surface area contributed by atoms with Crippen molar-refractivity contribution >= 4 is 29.3 Å². The fourth-order valence-corrected chi connectivity index (χ4v) is 2.03. The summed E-state index contributed by atoms with van der Waals surface area (Å²) in [6, 6.07) is 16.8. The Bertz CT molecular complexity index is 749. The minimum Gasteiger partial charge on any atom is -0.267 e. The average Bonchev–Trinajstić information content (AvgIpc) is 2.58. The molecule has 116 valence electrons. The van der Waals surface area contributed by atoms with Crippen LogP contribution < -0.4 is 5.43 Å². The van der Waals surface area contributed by atoms with Gasteiger partial charge >= 0.3 is 0 Å². The number of hydrogen-bond donors (Lipinski definition) is 1. The number of rotatable bonds is 5. The number of allylic oxidation sites excluding steroid dienone is 3. The van der Waals surface area contributed by atoms with Crippen LogP contribution in [0.4, 0.5) is 0 Å². The van der Waals surface area contributed by atoms with Crippen molar-refractivity contribution in [3.05, 3.63) is 89.0 Å². The van der Waals surface area contributed by atoms with E-state index < -0.39 is 0 Å². The van der Waals surface area contributed by atoms with E-state index in [0.717, 1.165) is 5.56 Å². The SMILES string of the molecule is CC(C=CC=Cc1ccccc1)=NNC(=O)c1ccccc1Cl. The summed E-state index contributed by atoms with van der Waals surface area (Å²) in [5, 5.41) is 4.43. The van der Waals surface area contributed by atoms with E-state index in [1.807, 2.05) is 54.6 Å². The first-order valence-electron chi connectivity index (χ1n) is 7.16. The van der Waals surface area contributed by atoms with Gasteiger partial charge in [-0.25, -0.2) is 5.43 Å². The second-order valence-electron chi connectivity index (χ2n) is 4.80. The highest BCUT2D eigenvalue weighted by Gasteiger charge is 2.07. The molecule has 0 bridgehead atoms. The highest BCUT2D eigenvalue weighted by atomic mass is 35.5. The van der Waals surface area contributed by atoms with Gasteiger partial charge in [0.2, 0.25) is 0 Å². The molecule has 0 radical (unpaired) electrons. The molecule has 0 unspecified atom stereocenters. The molecular formula is C19H17ClN2O. The number of nitrogens with zero attached hydrogens (tertiary/aromatic N) is 1. The molecule has 3 nitrogen and oxygen atoms in total. The van der Waals surface area contributed by atoms with Gasteiger partial charge in [-0.1, -0.05) is 72.3 Å².